The third-order valence-corrected chi connectivity index (χ3v) is 8.35. The van der Waals surface area contributed by atoms with Gasteiger partial charge in [-0.2, -0.15) is 0 Å². The highest BCUT2D eigenvalue weighted by atomic mass is 16.3. The van der Waals surface area contributed by atoms with Crippen molar-refractivity contribution in [2.45, 2.75) is 64.9 Å². The summed E-state index contributed by atoms with van der Waals surface area (Å²) in [5.74, 6) is 2.20. The van der Waals surface area contributed by atoms with E-state index in [1.807, 2.05) is 0 Å². The zero-order valence-corrected chi connectivity index (χ0v) is 14.4. The Kier molecular flexibility index (Phi) is 3.55. The number of hydrogen-bond donors (Lipinski definition) is 2. The van der Waals surface area contributed by atoms with Gasteiger partial charge in [-0.25, -0.2) is 0 Å². The van der Waals surface area contributed by atoms with E-state index in [4.69, 9.17) is 0 Å². The molecule has 0 aromatic heterocycles. The first-order valence-corrected chi connectivity index (χ1v) is 9.43. The molecule has 7 atom stereocenters. The summed E-state index contributed by atoms with van der Waals surface area (Å²) in [6, 6.07) is 0. The van der Waals surface area contributed by atoms with Crippen LogP contribution in [0.4, 0.5) is 0 Å². The third-order valence-electron chi connectivity index (χ3n) is 8.35. The maximum Gasteiger partial charge on any atom is 0.137 e. The van der Waals surface area contributed by atoms with Gasteiger partial charge >= 0.3 is 0 Å². The number of hydrogen-bond acceptors (Lipinski definition) is 3. The van der Waals surface area contributed by atoms with Crippen LogP contribution in [0.1, 0.15) is 58.8 Å². The van der Waals surface area contributed by atoms with Crippen molar-refractivity contribution in [3.8, 4) is 0 Å². The molecule has 0 aliphatic heterocycles. The second-order valence-corrected chi connectivity index (χ2v) is 9.00. The minimum Gasteiger partial charge on any atom is -0.395 e. The van der Waals surface area contributed by atoms with Crippen LogP contribution in [0.3, 0.4) is 0 Å². The fourth-order valence-electron chi connectivity index (χ4n) is 7.04. The Morgan fingerprint density at radius 1 is 1.26 bits per heavy atom. The second kappa shape index (κ2) is 5.16. The first kappa shape index (κ1) is 15.8. The molecule has 23 heavy (non-hydrogen) atoms. The van der Waals surface area contributed by atoms with Gasteiger partial charge in [-0.15, -0.1) is 0 Å². The standard InChI is InChI=1S/C20H30O3/c1-12-9-14(22)10-13-3-4-15-16-5-6-18(23)19(16,2)8-7-17(15)20(12,13)11-21/h3,12,15-18,21,23H,4-11H2,1-2H3/t12-,15-,16-,17-,18-,19-,20-/m0/s1. The maximum atomic E-state index is 12.1. The summed E-state index contributed by atoms with van der Waals surface area (Å²) in [5, 5.41) is 20.9. The van der Waals surface area contributed by atoms with Crippen LogP contribution >= 0.6 is 0 Å². The van der Waals surface area contributed by atoms with E-state index in [0.717, 1.165) is 32.1 Å². The summed E-state index contributed by atoms with van der Waals surface area (Å²) >= 11 is 0. The lowest BCUT2D eigenvalue weighted by Crippen LogP contribution is -2.55. The predicted molar refractivity (Wildman–Crippen MR) is 88.7 cm³/mol. The van der Waals surface area contributed by atoms with Crippen LogP contribution in [0, 0.1) is 34.5 Å². The Balaban J connectivity index is 1.75. The molecular weight excluding hydrogens is 288 g/mol. The van der Waals surface area contributed by atoms with Gasteiger partial charge in [0, 0.05) is 18.3 Å². The van der Waals surface area contributed by atoms with Crippen molar-refractivity contribution in [1.29, 1.82) is 0 Å². The summed E-state index contributed by atoms with van der Waals surface area (Å²) in [6.07, 6.45) is 8.55. The molecular formula is C20H30O3. The van der Waals surface area contributed by atoms with Crippen molar-refractivity contribution in [3.63, 3.8) is 0 Å². The van der Waals surface area contributed by atoms with Crippen molar-refractivity contribution in [2.24, 2.45) is 34.5 Å². The van der Waals surface area contributed by atoms with E-state index in [9.17, 15) is 15.0 Å². The smallest absolute Gasteiger partial charge is 0.137 e. The number of allylic oxidation sites excluding steroid dienone is 1. The van der Waals surface area contributed by atoms with E-state index in [-0.39, 0.29) is 29.5 Å². The van der Waals surface area contributed by atoms with Crippen molar-refractivity contribution in [2.75, 3.05) is 6.61 Å². The van der Waals surface area contributed by atoms with Crippen LogP contribution in [0.15, 0.2) is 11.6 Å². The molecule has 3 nitrogen and oxygen atoms in total. The third kappa shape index (κ3) is 1.93. The first-order chi connectivity index (χ1) is 10.9. The number of rotatable bonds is 1. The zero-order valence-electron chi connectivity index (χ0n) is 14.4. The molecule has 3 heteroatoms. The maximum absolute atomic E-state index is 12.1. The van der Waals surface area contributed by atoms with Gasteiger partial charge in [-0.05, 0) is 61.2 Å². The summed E-state index contributed by atoms with van der Waals surface area (Å²) in [5.41, 5.74) is 1.12. The van der Waals surface area contributed by atoms with E-state index in [0.29, 0.717) is 36.4 Å². The fourth-order valence-corrected chi connectivity index (χ4v) is 7.04. The Morgan fingerprint density at radius 3 is 2.78 bits per heavy atom. The van der Waals surface area contributed by atoms with Gasteiger partial charge in [0.25, 0.3) is 0 Å². The van der Waals surface area contributed by atoms with Crippen LogP contribution < -0.4 is 0 Å². The Bertz CT molecular complexity index is 553. The van der Waals surface area contributed by atoms with E-state index in [1.165, 1.54) is 5.57 Å². The second-order valence-electron chi connectivity index (χ2n) is 9.00. The molecule has 2 N–H and O–H groups in total. The van der Waals surface area contributed by atoms with Gasteiger partial charge in [0.2, 0.25) is 0 Å². The van der Waals surface area contributed by atoms with Crippen LogP contribution in [-0.2, 0) is 4.79 Å². The molecule has 0 heterocycles. The molecule has 0 radical (unpaired) electrons. The number of aliphatic hydroxyl groups is 2. The molecule has 4 aliphatic rings. The number of Topliss-reactive ketones (excluding diaryl/α,β-unsaturated/α-hetero) is 1. The summed E-state index contributed by atoms with van der Waals surface area (Å²) < 4.78 is 0. The highest BCUT2D eigenvalue weighted by Crippen LogP contribution is 2.65. The number of carbonyl (C=O) groups is 1. The molecule has 0 bridgehead atoms. The average Bonchev–Trinajstić information content (AvgIpc) is 2.82. The lowest BCUT2D eigenvalue weighted by molar-refractivity contribution is -0.130. The first-order valence-electron chi connectivity index (χ1n) is 9.43. The van der Waals surface area contributed by atoms with Crippen LogP contribution in [0.2, 0.25) is 0 Å². The monoisotopic (exact) mass is 318 g/mol. The molecule has 3 saturated carbocycles. The molecule has 0 spiro atoms. The van der Waals surface area contributed by atoms with Gasteiger partial charge < -0.3 is 10.2 Å². The molecule has 128 valence electrons. The molecule has 0 unspecified atom stereocenters. The predicted octanol–water partition coefficient (Wildman–Crippen LogP) is 3.10. The van der Waals surface area contributed by atoms with E-state index in [1.54, 1.807) is 0 Å². The van der Waals surface area contributed by atoms with Crippen LogP contribution in [0.5, 0.6) is 0 Å². The topological polar surface area (TPSA) is 57.5 Å². The van der Waals surface area contributed by atoms with Crippen LogP contribution in [-0.4, -0.2) is 28.7 Å². The summed E-state index contributed by atoms with van der Waals surface area (Å²) in [6.45, 7) is 4.63. The van der Waals surface area contributed by atoms with Crippen molar-refractivity contribution in [3.05, 3.63) is 11.6 Å². The lowest BCUT2D eigenvalue weighted by atomic mass is 9.45. The number of aliphatic hydroxyl groups excluding tert-OH is 2. The van der Waals surface area contributed by atoms with Gasteiger partial charge in [0.1, 0.15) is 5.78 Å². The van der Waals surface area contributed by atoms with Gasteiger partial charge in [-0.1, -0.05) is 25.5 Å². The van der Waals surface area contributed by atoms with E-state index >= 15 is 0 Å². The van der Waals surface area contributed by atoms with Crippen LogP contribution in [0.25, 0.3) is 0 Å². The van der Waals surface area contributed by atoms with Gasteiger partial charge in [-0.3, -0.25) is 4.79 Å². The highest BCUT2D eigenvalue weighted by molar-refractivity contribution is 5.83. The molecule has 4 rings (SSSR count). The van der Waals surface area contributed by atoms with E-state index < -0.39 is 0 Å². The fraction of sp³-hybridized carbons (Fsp3) is 0.850. The number of ketones is 1. The van der Waals surface area contributed by atoms with Crippen molar-refractivity contribution < 1.29 is 15.0 Å². The Morgan fingerprint density at radius 2 is 2.04 bits per heavy atom. The molecule has 0 saturated heterocycles. The van der Waals surface area contributed by atoms with Gasteiger partial charge in [0.05, 0.1) is 12.7 Å². The lowest BCUT2D eigenvalue weighted by Gasteiger charge is -2.59. The number of fused-ring (bicyclic) bond motifs is 5. The van der Waals surface area contributed by atoms with E-state index in [2.05, 4.69) is 19.9 Å². The molecule has 3 fully saturated rings. The number of carbonyl (C=O) groups excluding carboxylic acids is 1. The average molecular weight is 318 g/mol. The highest BCUT2D eigenvalue weighted by Gasteiger charge is 2.61. The van der Waals surface area contributed by atoms with Crippen molar-refractivity contribution >= 4 is 5.78 Å². The minimum atomic E-state index is -0.175. The normalized spacial score (nSPS) is 52.4. The summed E-state index contributed by atoms with van der Waals surface area (Å²) in [4.78, 5) is 12.1. The largest absolute Gasteiger partial charge is 0.395 e. The minimum absolute atomic E-state index is 0.0663. The zero-order chi connectivity index (χ0) is 16.4. The SMILES string of the molecule is C[C@H]1CC(=O)CC2=CC[C@H]3[C@@H]4CC[C@H](O)[C@@]4(C)CC[C@@H]3[C@]21CO. The Hall–Kier alpha value is -0.670. The molecule has 0 amide bonds. The Labute approximate surface area is 139 Å². The molecule has 4 aliphatic carbocycles. The summed E-state index contributed by atoms with van der Waals surface area (Å²) in [7, 11) is 0. The molecule has 0 aromatic rings. The van der Waals surface area contributed by atoms with Crippen molar-refractivity contribution in [1.82, 2.24) is 0 Å². The molecule has 0 aromatic carbocycles. The van der Waals surface area contributed by atoms with Gasteiger partial charge in [0.15, 0.2) is 0 Å². The quantitative estimate of drug-likeness (QED) is 0.731.